The molecule has 0 N–H and O–H groups in total. The number of carbonyl (C=O) groups excluding carboxylic acids is 1. The zero-order valence-electron chi connectivity index (χ0n) is 6.84. The second-order valence-corrected chi connectivity index (χ2v) is 4.37. The highest BCUT2D eigenvalue weighted by Gasteiger charge is 1.99. The number of thioether (sulfide) groups is 2. The highest BCUT2D eigenvalue weighted by Crippen LogP contribution is 2.17. The SMILES string of the molecule is C=CCSC(=O)SCCCC. The zero-order valence-corrected chi connectivity index (χ0v) is 8.47. The van der Waals surface area contributed by atoms with Gasteiger partial charge in [0.15, 0.2) is 0 Å². The summed E-state index contributed by atoms with van der Waals surface area (Å²) < 4.78 is 0.221. The summed E-state index contributed by atoms with van der Waals surface area (Å²) in [7, 11) is 0. The van der Waals surface area contributed by atoms with Gasteiger partial charge in [0.2, 0.25) is 4.45 Å². The number of carbonyl (C=O) groups is 1. The summed E-state index contributed by atoms with van der Waals surface area (Å²) in [5, 5.41) is 0. The van der Waals surface area contributed by atoms with Gasteiger partial charge in [-0.3, -0.25) is 4.79 Å². The molecule has 0 saturated heterocycles. The predicted octanol–water partition coefficient (Wildman–Crippen LogP) is 3.56. The number of rotatable bonds is 5. The molecular formula is C8H14OS2. The molecule has 0 aromatic carbocycles. The van der Waals surface area contributed by atoms with Crippen molar-refractivity contribution < 1.29 is 4.79 Å². The van der Waals surface area contributed by atoms with Gasteiger partial charge in [-0.15, -0.1) is 6.58 Å². The van der Waals surface area contributed by atoms with Crippen LogP contribution in [0.5, 0.6) is 0 Å². The smallest absolute Gasteiger partial charge is 0.246 e. The summed E-state index contributed by atoms with van der Waals surface area (Å²) in [5.41, 5.74) is 0. The fourth-order valence-corrected chi connectivity index (χ4v) is 2.11. The van der Waals surface area contributed by atoms with Crippen LogP contribution in [0, 0.1) is 0 Å². The Kier molecular flexibility index (Phi) is 8.29. The topological polar surface area (TPSA) is 17.1 Å². The van der Waals surface area contributed by atoms with Crippen LogP contribution in [0.2, 0.25) is 0 Å². The van der Waals surface area contributed by atoms with Crippen LogP contribution in [0.3, 0.4) is 0 Å². The average molecular weight is 190 g/mol. The molecule has 0 amide bonds. The van der Waals surface area contributed by atoms with E-state index in [9.17, 15) is 4.79 Å². The third kappa shape index (κ3) is 8.01. The maximum Gasteiger partial charge on any atom is 0.246 e. The van der Waals surface area contributed by atoms with E-state index in [-0.39, 0.29) is 4.45 Å². The Morgan fingerprint density at radius 1 is 1.55 bits per heavy atom. The van der Waals surface area contributed by atoms with Crippen molar-refractivity contribution in [3.63, 3.8) is 0 Å². The molecule has 0 aliphatic carbocycles. The first-order chi connectivity index (χ1) is 5.31. The summed E-state index contributed by atoms with van der Waals surface area (Å²) in [6.07, 6.45) is 4.04. The van der Waals surface area contributed by atoms with Crippen LogP contribution in [0.15, 0.2) is 12.7 Å². The van der Waals surface area contributed by atoms with E-state index in [1.807, 2.05) is 0 Å². The molecule has 3 heteroatoms. The van der Waals surface area contributed by atoms with E-state index >= 15 is 0 Å². The molecule has 0 fully saturated rings. The van der Waals surface area contributed by atoms with Gasteiger partial charge < -0.3 is 0 Å². The second kappa shape index (κ2) is 8.21. The zero-order chi connectivity index (χ0) is 8.53. The van der Waals surface area contributed by atoms with E-state index in [0.29, 0.717) is 0 Å². The van der Waals surface area contributed by atoms with Crippen LogP contribution in [0.25, 0.3) is 0 Å². The Morgan fingerprint density at radius 3 is 2.82 bits per heavy atom. The highest BCUT2D eigenvalue weighted by molar-refractivity contribution is 8.38. The lowest BCUT2D eigenvalue weighted by atomic mass is 10.4. The van der Waals surface area contributed by atoms with E-state index in [1.54, 1.807) is 6.08 Å². The van der Waals surface area contributed by atoms with Gasteiger partial charge in [-0.1, -0.05) is 42.9 Å². The quantitative estimate of drug-likeness (QED) is 0.487. The van der Waals surface area contributed by atoms with Crippen LogP contribution >= 0.6 is 23.5 Å². The van der Waals surface area contributed by atoms with Crippen LogP contribution in [0.4, 0.5) is 4.79 Å². The number of unbranched alkanes of at least 4 members (excludes halogenated alkanes) is 1. The third-order valence-electron chi connectivity index (χ3n) is 1.04. The van der Waals surface area contributed by atoms with E-state index < -0.39 is 0 Å². The Labute approximate surface area is 77.0 Å². The predicted molar refractivity (Wildman–Crippen MR) is 55.4 cm³/mol. The highest BCUT2D eigenvalue weighted by atomic mass is 32.2. The van der Waals surface area contributed by atoms with Gasteiger partial charge in [0.05, 0.1) is 0 Å². The van der Waals surface area contributed by atoms with Gasteiger partial charge in [0.1, 0.15) is 0 Å². The molecule has 0 bridgehead atoms. The van der Waals surface area contributed by atoms with Crippen LogP contribution in [-0.2, 0) is 0 Å². The number of hydrogen-bond donors (Lipinski definition) is 0. The fraction of sp³-hybridized carbons (Fsp3) is 0.625. The van der Waals surface area contributed by atoms with Crippen LogP contribution in [-0.4, -0.2) is 16.0 Å². The molecule has 0 rings (SSSR count). The van der Waals surface area contributed by atoms with Crippen molar-refractivity contribution in [2.75, 3.05) is 11.5 Å². The molecular weight excluding hydrogens is 176 g/mol. The minimum atomic E-state index is 0.221. The molecule has 1 nitrogen and oxygen atoms in total. The lowest BCUT2D eigenvalue weighted by Gasteiger charge is -1.95. The van der Waals surface area contributed by atoms with E-state index in [4.69, 9.17) is 0 Å². The lowest BCUT2D eigenvalue weighted by molar-refractivity contribution is 0.276. The summed E-state index contributed by atoms with van der Waals surface area (Å²) >= 11 is 2.75. The van der Waals surface area contributed by atoms with Gasteiger partial charge in [-0.2, -0.15) is 0 Å². The van der Waals surface area contributed by atoms with Crippen LogP contribution in [0.1, 0.15) is 19.8 Å². The molecule has 0 heterocycles. The summed E-state index contributed by atoms with van der Waals surface area (Å²) in [4.78, 5) is 11.0. The average Bonchev–Trinajstić information content (AvgIpc) is 2.01. The minimum Gasteiger partial charge on any atom is -0.274 e. The van der Waals surface area contributed by atoms with Gasteiger partial charge in [-0.25, -0.2) is 0 Å². The normalized spacial score (nSPS) is 9.55. The first kappa shape index (κ1) is 11.1. The molecule has 0 aliphatic rings. The first-order valence-electron chi connectivity index (χ1n) is 3.71. The monoisotopic (exact) mass is 190 g/mol. The molecule has 64 valence electrons. The molecule has 0 saturated carbocycles. The maximum atomic E-state index is 11.0. The van der Waals surface area contributed by atoms with Gasteiger partial charge in [0, 0.05) is 11.5 Å². The van der Waals surface area contributed by atoms with Gasteiger partial charge in [-0.05, 0) is 6.42 Å². The molecule has 0 aromatic heterocycles. The molecule has 0 atom stereocenters. The fourth-order valence-electron chi connectivity index (χ4n) is 0.468. The van der Waals surface area contributed by atoms with Crippen molar-refractivity contribution >= 4 is 28.0 Å². The van der Waals surface area contributed by atoms with Crippen molar-refractivity contribution in [1.82, 2.24) is 0 Å². The molecule has 0 unspecified atom stereocenters. The maximum absolute atomic E-state index is 11.0. The van der Waals surface area contributed by atoms with Gasteiger partial charge >= 0.3 is 0 Å². The van der Waals surface area contributed by atoms with Gasteiger partial charge in [0.25, 0.3) is 0 Å². The first-order valence-corrected chi connectivity index (χ1v) is 5.68. The van der Waals surface area contributed by atoms with Crippen molar-refractivity contribution in [3.8, 4) is 0 Å². The molecule has 0 aliphatic heterocycles. The van der Waals surface area contributed by atoms with Crippen molar-refractivity contribution in [2.24, 2.45) is 0 Å². The molecule has 0 spiro atoms. The Bertz CT molecular complexity index is 123. The Morgan fingerprint density at radius 2 is 2.27 bits per heavy atom. The number of hydrogen-bond acceptors (Lipinski definition) is 3. The second-order valence-electron chi connectivity index (χ2n) is 2.05. The summed E-state index contributed by atoms with van der Waals surface area (Å²) in [6.45, 7) is 5.67. The molecule has 0 radical (unpaired) electrons. The standard InChI is InChI=1S/C8H14OS2/c1-3-5-7-11-8(9)10-6-4-2/h4H,2-3,5-7H2,1H3. The summed E-state index contributed by atoms with van der Waals surface area (Å²) in [6, 6.07) is 0. The van der Waals surface area contributed by atoms with E-state index in [2.05, 4.69) is 13.5 Å². The third-order valence-corrected chi connectivity index (χ3v) is 3.11. The van der Waals surface area contributed by atoms with E-state index in [0.717, 1.165) is 24.3 Å². The van der Waals surface area contributed by atoms with Crippen molar-refractivity contribution in [3.05, 3.63) is 12.7 Å². The minimum absolute atomic E-state index is 0.221. The Balaban J connectivity index is 3.15. The molecule has 11 heavy (non-hydrogen) atoms. The van der Waals surface area contributed by atoms with Crippen molar-refractivity contribution in [1.29, 1.82) is 0 Å². The Hall–Kier alpha value is 0.110. The summed E-state index contributed by atoms with van der Waals surface area (Å²) in [5.74, 6) is 1.69. The van der Waals surface area contributed by atoms with Crippen LogP contribution < -0.4 is 0 Å². The van der Waals surface area contributed by atoms with E-state index in [1.165, 1.54) is 23.5 Å². The lowest BCUT2D eigenvalue weighted by Crippen LogP contribution is -1.85. The largest absolute Gasteiger partial charge is 0.274 e. The van der Waals surface area contributed by atoms with Crippen molar-refractivity contribution in [2.45, 2.75) is 19.8 Å². The molecule has 0 aromatic rings.